The molecule has 0 radical (unpaired) electrons. The van der Waals surface area contributed by atoms with Crippen molar-refractivity contribution >= 4 is 31.3 Å². The summed E-state index contributed by atoms with van der Waals surface area (Å²) in [5.74, 6) is 2.26. The van der Waals surface area contributed by atoms with Crippen LogP contribution in [0.2, 0.25) is 0 Å². The van der Waals surface area contributed by atoms with Gasteiger partial charge in [-0.3, -0.25) is 4.68 Å². The molecule has 0 aliphatic carbocycles. The summed E-state index contributed by atoms with van der Waals surface area (Å²) in [6.45, 7) is 7.34. The number of hydrogen-bond acceptors (Lipinski definition) is 10. The van der Waals surface area contributed by atoms with Crippen LogP contribution in [0.5, 0.6) is 0 Å². The maximum Gasteiger partial charge on any atom is 0.175 e. The Bertz CT molecular complexity index is 2140. The van der Waals surface area contributed by atoms with Crippen LogP contribution in [0.15, 0.2) is 95.0 Å². The van der Waals surface area contributed by atoms with Gasteiger partial charge in [0.15, 0.2) is 19.7 Å². The summed E-state index contributed by atoms with van der Waals surface area (Å²) in [7, 11) is -4.50. The molecule has 11 nitrogen and oxygen atoms in total. The van der Waals surface area contributed by atoms with Crippen LogP contribution >= 0.6 is 0 Å². The fourth-order valence-corrected chi connectivity index (χ4v) is 6.90. The van der Waals surface area contributed by atoms with Gasteiger partial charge in [-0.25, -0.2) is 26.8 Å². The number of aryl methyl sites for hydroxylation is 3. The molecule has 4 heterocycles. The van der Waals surface area contributed by atoms with Crippen LogP contribution in [-0.2, 0) is 44.4 Å². The first-order chi connectivity index (χ1) is 24.3. The number of nitrogens with one attached hydrogen (secondary N) is 2. The molecule has 5 aromatic rings. The summed E-state index contributed by atoms with van der Waals surface area (Å²) in [5, 5.41) is 10.9. The molecule has 2 aromatic carbocycles. The minimum absolute atomic E-state index is 0.304. The molecule has 0 saturated carbocycles. The Labute approximate surface area is 301 Å². The lowest BCUT2D eigenvalue weighted by Crippen LogP contribution is -2.23. The standard InChI is InChI=1S/C20H26N2O3S.C18H20N4O2S/c1-3-15-12-19(17-4-6-18(7-5-17)26(2,23)24)22-20(13-15)21-14-16-8-10-25-11-9-16;1-13-8-17(15-4-6-16(7-5-15)25(3,23)24)21-18(9-13)19-10-14-11-20-22(2)12-14/h4-7,12-13,16H,3,8-11,14H2,1-2H3,(H,21,22);4-9,11-12H,10H2,1-3H3,(H,19,21). The van der Waals surface area contributed by atoms with Crippen molar-refractivity contribution in [3.05, 3.63) is 102 Å². The van der Waals surface area contributed by atoms with Crippen LogP contribution in [0.25, 0.3) is 22.5 Å². The largest absolute Gasteiger partial charge is 0.381 e. The molecule has 0 amide bonds. The molecule has 6 rings (SSSR count). The van der Waals surface area contributed by atoms with Crippen molar-refractivity contribution in [2.45, 2.75) is 49.4 Å². The van der Waals surface area contributed by atoms with Crippen molar-refractivity contribution in [1.29, 1.82) is 0 Å². The number of aromatic nitrogens is 4. The van der Waals surface area contributed by atoms with Gasteiger partial charge in [-0.15, -0.1) is 0 Å². The van der Waals surface area contributed by atoms with Gasteiger partial charge >= 0.3 is 0 Å². The molecule has 1 aliphatic heterocycles. The van der Waals surface area contributed by atoms with E-state index in [-0.39, 0.29) is 0 Å². The van der Waals surface area contributed by atoms with E-state index in [1.807, 2.05) is 50.6 Å². The molecule has 0 atom stereocenters. The summed E-state index contributed by atoms with van der Waals surface area (Å²) in [5.41, 5.74) is 6.81. The number of pyridine rings is 2. The van der Waals surface area contributed by atoms with Crippen molar-refractivity contribution in [3.8, 4) is 22.5 Å². The van der Waals surface area contributed by atoms with E-state index in [0.29, 0.717) is 22.3 Å². The summed E-state index contributed by atoms with van der Waals surface area (Å²) in [4.78, 5) is 10.00. The number of nitrogens with zero attached hydrogens (tertiary/aromatic N) is 4. The first-order valence-electron chi connectivity index (χ1n) is 16.9. The van der Waals surface area contributed by atoms with E-state index in [2.05, 4.69) is 39.8 Å². The monoisotopic (exact) mass is 730 g/mol. The average molecular weight is 731 g/mol. The number of ether oxygens (including phenoxy) is 1. The number of anilines is 2. The summed E-state index contributed by atoms with van der Waals surface area (Å²) in [6.07, 6.45) is 9.27. The lowest BCUT2D eigenvalue weighted by molar-refractivity contribution is 0.0699. The molecule has 1 saturated heterocycles. The van der Waals surface area contributed by atoms with Crippen molar-refractivity contribution in [2.75, 3.05) is 42.9 Å². The normalized spacial score (nSPS) is 13.7. The average Bonchev–Trinajstić information content (AvgIpc) is 3.54. The van der Waals surface area contributed by atoms with Crippen LogP contribution in [0.1, 0.15) is 36.5 Å². The minimum Gasteiger partial charge on any atom is -0.381 e. The van der Waals surface area contributed by atoms with Gasteiger partial charge in [0.1, 0.15) is 11.6 Å². The molecule has 0 unspecified atom stereocenters. The van der Waals surface area contributed by atoms with Crippen molar-refractivity contribution in [3.63, 3.8) is 0 Å². The Hall–Kier alpha value is -4.59. The predicted molar refractivity (Wildman–Crippen MR) is 202 cm³/mol. The molecule has 1 aliphatic rings. The van der Waals surface area contributed by atoms with Gasteiger partial charge in [0.2, 0.25) is 0 Å². The third kappa shape index (κ3) is 10.9. The number of hydrogen-bond donors (Lipinski definition) is 2. The lowest BCUT2D eigenvalue weighted by Gasteiger charge is -2.22. The molecule has 1 fully saturated rings. The zero-order chi connectivity index (χ0) is 36.6. The van der Waals surface area contributed by atoms with E-state index in [1.54, 1.807) is 41.1 Å². The number of sulfone groups is 2. The summed E-state index contributed by atoms with van der Waals surface area (Å²) in [6, 6.07) is 21.8. The topological polar surface area (TPSA) is 145 Å². The van der Waals surface area contributed by atoms with Gasteiger partial charge in [0, 0.05) is 68.7 Å². The van der Waals surface area contributed by atoms with E-state index in [0.717, 1.165) is 84.3 Å². The van der Waals surface area contributed by atoms with E-state index in [9.17, 15) is 16.8 Å². The lowest BCUT2D eigenvalue weighted by atomic mass is 10.0. The maximum atomic E-state index is 11.6. The van der Waals surface area contributed by atoms with Gasteiger partial charge in [0.25, 0.3) is 0 Å². The molecular weight excluding hydrogens is 685 g/mol. The van der Waals surface area contributed by atoms with Crippen LogP contribution in [0, 0.1) is 12.8 Å². The van der Waals surface area contributed by atoms with E-state index >= 15 is 0 Å². The second-order valence-corrected chi connectivity index (χ2v) is 17.0. The zero-order valence-electron chi connectivity index (χ0n) is 29.8. The second kappa shape index (κ2) is 16.6. The fourth-order valence-electron chi connectivity index (χ4n) is 5.64. The Morgan fingerprint density at radius 3 is 1.82 bits per heavy atom. The molecule has 270 valence electrons. The molecular formula is C38H46N6O5S2. The molecule has 0 bridgehead atoms. The van der Waals surface area contributed by atoms with Crippen molar-refractivity contribution in [1.82, 2.24) is 19.7 Å². The first kappa shape index (κ1) is 37.7. The van der Waals surface area contributed by atoms with E-state index in [4.69, 9.17) is 9.72 Å². The Morgan fingerprint density at radius 1 is 0.765 bits per heavy atom. The van der Waals surface area contributed by atoms with Crippen LogP contribution in [0.3, 0.4) is 0 Å². The molecule has 13 heteroatoms. The van der Waals surface area contributed by atoms with Gasteiger partial charge in [0.05, 0.1) is 27.4 Å². The van der Waals surface area contributed by atoms with Crippen LogP contribution in [-0.4, -0.2) is 68.9 Å². The quantitative estimate of drug-likeness (QED) is 0.158. The highest BCUT2D eigenvalue weighted by Gasteiger charge is 2.15. The van der Waals surface area contributed by atoms with Crippen LogP contribution < -0.4 is 10.6 Å². The number of rotatable bonds is 11. The maximum absolute atomic E-state index is 11.6. The number of benzene rings is 2. The molecule has 2 N–H and O–H groups in total. The van der Waals surface area contributed by atoms with E-state index in [1.165, 1.54) is 18.1 Å². The second-order valence-electron chi connectivity index (χ2n) is 12.9. The summed E-state index contributed by atoms with van der Waals surface area (Å²) >= 11 is 0. The summed E-state index contributed by atoms with van der Waals surface area (Å²) < 4.78 is 53.6. The Balaban J connectivity index is 0.000000198. The zero-order valence-corrected chi connectivity index (χ0v) is 31.4. The van der Waals surface area contributed by atoms with Gasteiger partial charge in [-0.05, 0) is 91.8 Å². The molecule has 3 aromatic heterocycles. The first-order valence-corrected chi connectivity index (χ1v) is 20.7. The van der Waals surface area contributed by atoms with E-state index < -0.39 is 19.7 Å². The van der Waals surface area contributed by atoms with Gasteiger partial charge < -0.3 is 15.4 Å². The molecule has 0 spiro atoms. The Kier molecular flexibility index (Phi) is 12.3. The SMILES string of the molecule is CCc1cc(NCC2CCOCC2)nc(-c2ccc(S(C)(=O)=O)cc2)c1.Cc1cc(NCc2cnn(C)c2)nc(-c2ccc(S(C)(=O)=O)cc2)c1. The van der Waals surface area contributed by atoms with Gasteiger partial charge in [-0.1, -0.05) is 31.2 Å². The smallest absolute Gasteiger partial charge is 0.175 e. The molecule has 51 heavy (non-hydrogen) atoms. The third-order valence-electron chi connectivity index (χ3n) is 8.56. The van der Waals surface area contributed by atoms with Crippen molar-refractivity contribution < 1.29 is 21.6 Å². The highest BCUT2D eigenvalue weighted by molar-refractivity contribution is 7.91. The van der Waals surface area contributed by atoms with Crippen molar-refractivity contribution in [2.24, 2.45) is 13.0 Å². The highest BCUT2D eigenvalue weighted by atomic mass is 32.2. The fraction of sp³-hybridized carbons (Fsp3) is 0.342. The third-order valence-corrected chi connectivity index (χ3v) is 10.8. The van der Waals surface area contributed by atoms with Gasteiger partial charge in [-0.2, -0.15) is 5.10 Å². The minimum atomic E-state index is -3.20. The Morgan fingerprint density at radius 2 is 1.31 bits per heavy atom. The van der Waals surface area contributed by atoms with Crippen LogP contribution in [0.4, 0.5) is 11.6 Å². The highest BCUT2D eigenvalue weighted by Crippen LogP contribution is 2.25. The predicted octanol–water partition coefficient (Wildman–Crippen LogP) is 6.36.